The van der Waals surface area contributed by atoms with Gasteiger partial charge in [0.15, 0.2) is 11.6 Å². The molecular weight excluding hydrogens is 640 g/mol. The van der Waals surface area contributed by atoms with Gasteiger partial charge in [-0.3, -0.25) is 14.1 Å². The summed E-state index contributed by atoms with van der Waals surface area (Å²) in [6.45, 7) is 5.98. The molecule has 0 aliphatic carbocycles. The van der Waals surface area contributed by atoms with Crippen molar-refractivity contribution in [1.82, 2.24) is 34.3 Å². The lowest BCUT2D eigenvalue weighted by atomic mass is 10.2. The molecule has 1 saturated heterocycles. The highest BCUT2D eigenvalue weighted by atomic mass is 35.5. The summed E-state index contributed by atoms with van der Waals surface area (Å²) in [5, 5.41) is 2.84. The second-order valence-corrected chi connectivity index (χ2v) is 12.8. The summed E-state index contributed by atoms with van der Waals surface area (Å²) >= 11 is 6.08. The first-order valence-corrected chi connectivity index (χ1v) is 16.0. The van der Waals surface area contributed by atoms with Crippen LogP contribution in [0.2, 0.25) is 5.02 Å². The number of imidazole rings is 1. The van der Waals surface area contributed by atoms with Crippen molar-refractivity contribution in [3.05, 3.63) is 88.7 Å². The number of nitrogens with zero attached hydrogens (tertiary/aromatic N) is 7. The van der Waals surface area contributed by atoms with Crippen LogP contribution in [0.15, 0.2) is 59.9 Å². The lowest BCUT2D eigenvalue weighted by molar-refractivity contribution is 0.0658. The van der Waals surface area contributed by atoms with E-state index in [1.54, 1.807) is 34.7 Å². The standard InChI is InChI=1S/C30H28ClF2N9O3S/c1-17-19(31)5-4-6-24(17)46(44,45)39-21-8-7-20(32)27(26(21)33)38-29-28-22(34-16-35-29)9-10-25(37-28)42-15-23(36-18(42)2)30(43)41-13-11-40(3)12-14-41/h4-10,15-16,39H,11-14H2,1-3H3,(H,34,35,38). The molecule has 12 nitrogen and oxygen atoms in total. The number of likely N-dealkylation sites (N-methyl/N-ethyl adjacent to an activating group) is 1. The summed E-state index contributed by atoms with van der Waals surface area (Å²) in [7, 11) is -2.28. The van der Waals surface area contributed by atoms with Crippen LogP contribution in [0.25, 0.3) is 16.9 Å². The number of halogens is 3. The summed E-state index contributed by atoms with van der Waals surface area (Å²) in [6, 6.07) is 9.53. The van der Waals surface area contributed by atoms with Crippen LogP contribution < -0.4 is 10.0 Å². The molecule has 0 unspecified atom stereocenters. The van der Waals surface area contributed by atoms with E-state index in [4.69, 9.17) is 11.6 Å². The Kier molecular flexibility index (Phi) is 8.31. The molecule has 0 spiro atoms. The Hall–Kier alpha value is -4.73. The Labute approximate surface area is 268 Å². The van der Waals surface area contributed by atoms with Crippen LogP contribution >= 0.6 is 11.6 Å². The average molecular weight is 668 g/mol. The quantitative estimate of drug-likeness (QED) is 0.253. The van der Waals surface area contributed by atoms with Crippen LogP contribution in [0.3, 0.4) is 0 Å². The van der Waals surface area contributed by atoms with Gasteiger partial charge in [-0.05, 0) is 62.9 Å². The molecule has 16 heteroatoms. The third kappa shape index (κ3) is 5.96. The molecule has 0 radical (unpaired) electrons. The molecule has 0 atom stereocenters. The Bertz CT molecular complexity index is 2100. The molecule has 1 aliphatic rings. The summed E-state index contributed by atoms with van der Waals surface area (Å²) in [6.07, 6.45) is 2.79. The van der Waals surface area contributed by atoms with Gasteiger partial charge in [-0.2, -0.15) is 0 Å². The van der Waals surface area contributed by atoms with Crippen molar-refractivity contribution >= 4 is 55.8 Å². The van der Waals surface area contributed by atoms with Crippen molar-refractivity contribution in [2.45, 2.75) is 18.7 Å². The third-order valence-corrected chi connectivity index (χ3v) is 9.61. The molecule has 1 fully saturated rings. The number of rotatable bonds is 7. The number of hydrogen-bond donors (Lipinski definition) is 2. The van der Waals surface area contributed by atoms with Gasteiger partial charge in [0.2, 0.25) is 0 Å². The fourth-order valence-corrected chi connectivity index (χ4v) is 6.64. The van der Waals surface area contributed by atoms with E-state index in [9.17, 15) is 13.2 Å². The summed E-state index contributed by atoms with van der Waals surface area (Å²) in [5.74, 6) is -1.56. The highest BCUT2D eigenvalue weighted by Crippen LogP contribution is 2.32. The van der Waals surface area contributed by atoms with E-state index in [1.807, 2.05) is 7.05 Å². The Morgan fingerprint density at radius 3 is 2.50 bits per heavy atom. The van der Waals surface area contributed by atoms with Gasteiger partial charge in [0.1, 0.15) is 40.7 Å². The van der Waals surface area contributed by atoms with Crippen molar-refractivity contribution in [1.29, 1.82) is 0 Å². The van der Waals surface area contributed by atoms with Crippen LogP contribution in [0, 0.1) is 25.5 Å². The molecule has 6 rings (SSSR count). The normalized spacial score (nSPS) is 14.1. The zero-order valence-corrected chi connectivity index (χ0v) is 26.5. The molecule has 1 amide bonds. The molecule has 1 aliphatic heterocycles. The van der Waals surface area contributed by atoms with E-state index >= 15 is 8.78 Å². The number of sulfonamides is 1. The first-order chi connectivity index (χ1) is 21.9. The number of aromatic nitrogens is 5. The van der Waals surface area contributed by atoms with Gasteiger partial charge in [0, 0.05) is 37.4 Å². The van der Waals surface area contributed by atoms with Crippen LogP contribution in [-0.4, -0.2) is 81.9 Å². The number of carbonyl (C=O) groups is 1. The van der Waals surface area contributed by atoms with E-state index in [1.165, 1.54) is 31.5 Å². The molecule has 2 N–H and O–H groups in total. The summed E-state index contributed by atoms with van der Waals surface area (Å²) < 4.78 is 60.7. The minimum absolute atomic E-state index is 0.0400. The molecule has 0 bridgehead atoms. The van der Waals surface area contributed by atoms with E-state index in [-0.39, 0.29) is 38.4 Å². The fraction of sp³-hybridized carbons (Fsp3) is 0.233. The molecular formula is C30H28ClF2N9O3S. The number of hydrogen-bond acceptors (Lipinski definition) is 9. The molecule has 2 aromatic carbocycles. The summed E-state index contributed by atoms with van der Waals surface area (Å²) in [5.41, 5.74) is -0.0870. The van der Waals surface area contributed by atoms with Gasteiger partial charge in [0.05, 0.1) is 16.1 Å². The smallest absolute Gasteiger partial charge is 0.274 e. The van der Waals surface area contributed by atoms with Crippen molar-refractivity contribution in [2.75, 3.05) is 43.3 Å². The minimum atomic E-state index is -4.28. The largest absolute Gasteiger partial charge is 0.335 e. The second kappa shape index (κ2) is 12.2. The van der Waals surface area contributed by atoms with Crippen LogP contribution in [-0.2, 0) is 10.0 Å². The average Bonchev–Trinajstić information content (AvgIpc) is 3.43. The fourth-order valence-electron chi connectivity index (χ4n) is 5.08. The van der Waals surface area contributed by atoms with E-state index in [0.29, 0.717) is 30.2 Å². The van der Waals surface area contributed by atoms with Gasteiger partial charge < -0.3 is 15.1 Å². The number of carbonyl (C=O) groups excluding carboxylic acids is 1. The molecule has 0 saturated carbocycles. The number of piperazine rings is 1. The number of fused-ring (bicyclic) bond motifs is 1. The molecule has 4 heterocycles. The predicted octanol–water partition coefficient (Wildman–Crippen LogP) is 4.69. The molecule has 3 aromatic heterocycles. The Balaban J connectivity index is 1.32. The Morgan fingerprint density at radius 2 is 1.74 bits per heavy atom. The zero-order chi connectivity index (χ0) is 32.7. The van der Waals surface area contributed by atoms with E-state index in [2.05, 4.69) is 34.9 Å². The Morgan fingerprint density at radius 1 is 0.978 bits per heavy atom. The molecule has 46 heavy (non-hydrogen) atoms. The number of anilines is 3. The first-order valence-electron chi connectivity index (χ1n) is 14.1. The van der Waals surface area contributed by atoms with Gasteiger partial charge in [-0.15, -0.1) is 0 Å². The minimum Gasteiger partial charge on any atom is -0.335 e. The SMILES string of the molecule is Cc1c(Cl)cccc1S(=O)(=O)Nc1ccc(F)c(Nc2ncnc3ccc(-n4cc(C(=O)N5CCN(C)CC5)nc4C)nc23)c1F. The number of amides is 1. The lowest BCUT2D eigenvalue weighted by Gasteiger charge is -2.31. The third-order valence-electron chi connectivity index (χ3n) is 7.69. The second-order valence-electron chi connectivity index (χ2n) is 10.8. The van der Waals surface area contributed by atoms with E-state index < -0.39 is 33.0 Å². The maximum atomic E-state index is 15.7. The van der Waals surface area contributed by atoms with Crippen molar-refractivity contribution < 1.29 is 22.0 Å². The number of pyridine rings is 1. The van der Waals surface area contributed by atoms with Crippen LogP contribution in [0.5, 0.6) is 0 Å². The van der Waals surface area contributed by atoms with Gasteiger partial charge in [-0.1, -0.05) is 17.7 Å². The number of nitrogens with one attached hydrogen (secondary N) is 2. The number of benzene rings is 2. The van der Waals surface area contributed by atoms with Gasteiger partial charge in [-0.25, -0.2) is 37.1 Å². The first kappa shape index (κ1) is 31.3. The lowest BCUT2D eigenvalue weighted by Crippen LogP contribution is -2.47. The predicted molar refractivity (Wildman–Crippen MR) is 169 cm³/mol. The van der Waals surface area contributed by atoms with Crippen LogP contribution in [0.1, 0.15) is 21.9 Å². The molecule has 5 aromatic rings. The van der Waals surface area contributed by atoms with Gasteiger partial charge in [0.25, 0.3) is 15.9 Å². The topological polar surface area (TPSA) is 138 Å². The maximum Gasteiger partial charge on any atom is 0.274 e. The number of aryl methyl sites for hydroxylation is 1. The van der Waals surface area contributed by atoms with Crippen molar-refractivity contribution in [2.24, 2.45) is 0 Å². The van der Waals surface area contributed by atoms with E-state index in [0.717, 1.165) is 25.2 Å². The van der Waals surface area contributed by atoms with Gasteiger partial charge >= 0.3 is 0 Å². The highest BCUT2D eigenvalue weighted by molar-refractivity contribution is 7.92. The molecule has 238 valence electrons. The van der Waals surface area contributed by atoms with Crippen molar-refractivity contribution in [3.8, 4) is 5.82 Å². The van der Waals surface area contributed by atoms with Crippen LogP contribution in [0.4, 0.5) is 26.0 Å². The monoisotopic (exact) mass is 667 g/mol. The maximum absolute atomic E-state index is 15.7. The zero-order valence-electron chi connectivity index (χ0n) is 24.9. The van der Waals surface area contributed by atoms with Crippen molar-refractivity contribution in [3.63, 3.8) is 0 Å². The highest BCUT2D eigenvalue weighted by Gasteiger charge is 2.25. The summed E-state index contributed by atoms with van der Waals surface area (Å²) in [4.78, 5) is 34.3.